The van der Waals surface area contributed by atoms with Crippen LogP contribution in [0.3, 0.4) is 0 Å². The molecule has 0 aliphatic carbocycles. The molecule has 14 atom stereocenters. The maximum Gasteiger partial charge on any atom is 0.303 e. The van der Waals surface area contributed by atoms with Crippen molar-refractivity contribution in [3.05, 3.63) is 6.42 Å². The van der Waals surface area contributed by atoms with Crippen LogP contribution in [0.15, 0.2) is 0 Å². The summed E-state index contributed by atoms with van der Waals surface area (Å²) >= 11 is 0. The molecule has 0 aromatic heterocycles. The number of rotatable bonds is 50. The van der Waals surface area contributed by atoms with Crippen molar-refractivity contribution in [3.8, 4) is 0 Å². The second kappa shape index (κ2) is 53.9. The third-order valence-corrected chi connectivity index (χ3v) is 15.2. The molecule has 42 heteroatoms. The van der Waals surface area contributed by atoms with Crippen LogP contribution in [0, 0.1) is 6.42 Å². The van der Waals surface area contributed by atoms with E-state index < -0.39 is 195 Å². The summed E-state index contributed by atoms with van der Waals surface area (Å²) in [6.07, 6.45) is -10.6. The van der Waals surface area contributed by atoms with Gasteiger partial charge in [0, 0.05) is 145 Å². The summed E-state index contributed by atoms with van der Waals surface area (Å²) in [6.45, 7) is 9.26. The first kappa shape index (κ1) is 97.2. The third kappa shape index (κ3) is 41.1. The molecule has 7 N–H and O–H groups in total. The molecule has 3 aliphatic rings. The molecule has 41 nitrogen and oxygen atoms in total. The molecule has 7 amide bonds. The number of carbonyl (C=O) groups excluding carboxylic acids is 15. The number of hydrogen-bond donors (Lipinski definition) is 7. The number of unbranched alkanes of at least 4 members (excludes halogenated alkanes) is 2. The summed E-state index contributed by atoms with van der Waals surface area (Å²) in [5.41, 5.74) is 0. The molecule has 14 unspecified atom stereocenters. The SMILES string of the molecule is CC(=O)NC1[CH-]C(OC(C)=O)C(COC(C)=O)OC1OCCOCCNC(=O)CN(CCCN(CC(=O)NCCOCCOC1OC(COC(C)=O)C(OC(C)=O)C(OC(C)=O)C1NC(C)=O)C(=O)CCCCCO)CC(=O)NCCOCCOC1OC(COC(C)=O)C(OC(C)=O)C(OC(C)=O)C1NC(C)=O.[Co]. The zero-order chi connectivity index (χ0) is 80.3. The first-order valence-electron chi connectivity index (χ1n) is 35.1. The van der Waals surface area contributed by atoms with E-state index in [1.54, 1.807) is 0 Å². The Labute approximate surface area is 641 Å². The minimum absolute atomic E-state index is 0. The van der Waals surface area contributed by atoms with Crippen LogP contribution in [0.4, 0.5) is 0 Å². The molecule has 3 aliphatic heterocycles. The maximum absolute atomic E-state index is 13.7. The average Bonchev–Trinajstić information content (AvgIpc) is 0.794. The Hall–Kier alpha value is -7.88. The fourth-order valence-corrected chi connectivity index (χ4v) is 11.0. The molecule has 3 rings (SSSR count). The summed E-state index contributed by atoms with van der Waals surface area (Å²) in [5, 5.41) is 25.4. The standard InChI is InChI=1S/C67H107N8O33.Co/c1-39(77)71-50-32-51(101-45(7)83)52(36-98-42(4)80)106-65(50)95-29-26-92-23-17-68-55(88)33-74(34-56(89)69-18-24-93-27-30-96-66-59(72-40(2)78)63(104-48(10)86)61(102-46(8)84)53(107-66)37-99-43(5)81)20-15-21-75(58(91)16-13-12-14-22-76)35-57(90)70-19-25-94-28-31-97-67-60(73-41(3)79)64(105-49(11)87)62(103-47(9)85)54(108-67)38-100-44(6)82;/h32,50-54,59-67,76H,12-31,33-38H2,1-11H3,(H,68,88)(H,69,89)(H,70,90)(H,71,77)(H,72,78)(H,73,79);/q-1;. The fourth-order valence-electron chi connectivity index (χ4n) is 11.0. The van der Waals surface area contributed by atoms with E-state index in [-0.39, 0.29) is 148 Å². The number of nitrogens with one attached hydrogen (secondary N) is 6. The van der Waals surface area contributed by atoms with Crippen molar-refractivity contribution in [2.45, 2.75) is 194 Å². The first-order chi connectivity index (χ1) is 51.3. The van der Waals surface area contributed by atoms with Gasteiger partial charge < -0.3 is 122 Å². The molecular weight excluding hydrogens is 1500 g/mol. The smallest absolute Gasteiger partial charge is 0.303 e. The van der Waals surface area contributed by atoms with Gasteiger partial charge in [-0.05, 0) is 25.3 Å². The van der Waals surface area contributed by atoms with Crippen molar-refractivity contribution in [2.24, 2.45) is 0 Å². The predicted octanol–water partition coefficient (Wildman–Crippen LogP) is -4.25. The van der Waals surface area contributed by atoms with Crippen LogP contribution < -0.4 is 31.9 Å². The Morgan fingerprint density at radius 2 is 0.771 bits per heavy atom. The molecule has 1 radical (unpaired) electrons. The van der Waals surface area contributed by atoms with Crippen molar-refractivity contribution in [1.82, 2.24) is 41.7 Å². The number of nitrogens with zero attached hydrogens (tertiary/aromatic N) is 2. The summed E-state index contributed by atoms with van der Waals surface area (Å²) in [5.74, 6) is -9.49. The van der Waals surface area contributed by atoms with Crippen LogP contribution in [0.5, 0.6) is 0 Å². The van der Waals surface area contributed by atoms with Crippen molar-refractivity contribution in [1.29, 1.82) is 0 Å². The molecule has 0 aromatic carbocycles. The maximum atomic E-state index is 13.7. The topological polar surface area (TPSA) is 512 Å². The summed E-state index contributed by atoms with van der Waals surface area (Å²) in [6, 6.07) is -3.35. The Kier molecular flexibility index (Phi) is 48.0. The number of carbonyl (C=O) groups is 15. The molecule has 0 saturated carbocycles. The monoisotopic (exact) mass is 1610 g/mol. The number of hydrogen-bond acceptors (Lipinski definition) is 34. The van der Waals surface area contributed by atoms with E-state index in [9.17, 15) is 77.0 Å². The molecule has 623 valence electrons. The second-order valence-electron chi connectivity index (χ2n) is 24.7. The molecular formula is C67H107CoN8O33-. The Morgan fingerprint density at radius 3 is 1.16 bits per heavy atom. The molecule has 3 fully saturated rings. The van der Waals surface area contributed by atoms with E-state index >= 15 is 0 Å². The zero-order valence-electron chi connectivity index (χ0n) is 63.3. The molecule has 109 heavy (non-hydrogen) atoms. The predicted molar refractivity (Wildman–Crippen MR) is 363 cm³/mol. The molecule has 0 spiro atoms. The second-order valence-corrected chi connectivity index (χ2v) is 24.7. The zero-order valence-corrected chi connectivity index (χ0v) is 64.3. The van der Waals surface area contributed by atoms with Gasteiger partial charge >= 0.3 is 41.8 Å². The largest absolute Gasteiger partial charge is 0.493 e. The minimum Gasteiger partial charge on any atom is -0.493 e. The Bertz CT molecular complexity index is 2920. The van der Waals surface area contributed by atoms with E-state index in [0.29, 0.717) is 19.3 Å². The quantitative estimate of drug-likeness (QED) is 0.0131. The van der Waals surface area contributed by atoms with Gasteiger partial charge in [-0.1, -0.05) is 6.42 Å². The van der Waals surface area contributed by atoms with Crippen LogP contribution in [0.1, 0.15) is 108 Å². The molecule has 3 saturated heterocycles. The van der Waals surface area contributed by atoms with Gasteiger partial charge in [-0.3, -0.25) is 83.2 Å². The van der Waals surface area contributed by atoms with Crippen LogP contribution in [0.2, 0.25) is 0 Å². The minimum atomic E-state index is -1.36. The number of aliphatic hydroxyl groups is 1. The molecule has 0 aromatic rings. The van der Waals surface area contributed by atoms with Gasteiger partial charge in [0.25, 0.3) is 5.97 Å². The van der Waals surface area contributed by atoms with Gasteiger partial charge in [0.1, 0.15) is 50.2 Å². The number of ether oxygens (including phenoxy) is 17. The van der Waals surface area contributed by atoms with Crippen LogP contribution in [-0.2, 0) is 169 Å². The van der Waals surface area contributed by atoms with Crippen molar-refractivity contribution < 1.29 is 174 Å². The van der Waals surface area contributed by atoms with Gasteiger partial charge in [0.2, 0.25) is 41.4 Å². The summed E-state index contributed by atoms with van der Waals surface area (Å²) in [7, 11) is 0. The Morgan fingerprint density at radius 1 is 0.394 bits per heavy atom. The fraction of sp³-hybridized carbons (Fsp3) is 0.761. The average molecular weight is 1610 g/mol. The first-order valence-corrected chi connectivity index (χ1v) is 35.1. The van der Waals surface area contributed by atoms with Crippen LogP contribution in [-0.4, -0.2) is 328 Å². The van der Waals surface area contributed by atoms with Crippen molar-refractivity contribution in [3.63, 3.8) is 0 Å². The van der Waals surface area contributed by atoms with Crippen molar-refractivity contribution >= 4 is 89.1 Å². The summed E-state index contributed by atoms with van der Waals surface area (Å²) < 4.78 is 95.2. The Balaban J connectivity index is 0.0000403. The van der Waals surface area contributed by atoms with E-state index in [1.165, 1.54) is 50.8 Å². The molecule has 3 heterocycles. The third-order valence-electron chi connectivity index (χ3n) is 15.2. The van der Waals surface area contributed by atoms with Gasteiger partial charge in [0.15, 0.2) is 43.3 Å². The van der Waals surface area contributed by atoms with Gasteiger partial charge in [-0.25, -0.2) is 0 Å². The molecule has 0 bridgehead atoms. The van der Waals surface area contributed by atoms with E-state index in [4.69, 9.17) is 80.5 Å². The number of aliphatic hydroxyl groups excluding tert-OH is 1. The normalized spacial score (nSPS) is 22.8. The van der Waals surface area contributed by atoms with Crippen LogP contribution in [0.25, 0.3) is 0 Å². The van der Waals surface area contributed by atoms with E-state index in [2.05, 4.69) is 31.9 Å². The van der Waals surface area contributed by atoms with Gasteiger partial charge in [-0.15, -0.1) is 0 Å². The van der Waals surface area contributed by atoms with Gasteiger partial charge in [0.05, 0.1) is 79.1 Å². The van der Waals surface area contributed by atoms with Crippen molar-refractivity contribution in [2.75, 3.05) is 138 Å². The number of amides is 7. The van der Waals surface area contributed by atoms with Crippen LogP contribution >= 0.6 is 0 Å². The van der Waals surface area contributed by atoms with E-state index in [0.717, 1.165) is 41.5 Å². The number of esters is 8. The van der Waals surface area contributed by atoms with E-state index in [1.807, 2.05) is 0 Å². The summed E-state index contributed by atoms with van der Waals surface area (Å²) in [4.78, 5) is 190. The van der Waals surface area contributed by atoms with Gasteiger partial charge in [-0.2, -0.15) is 0 Å².